The van der Waals surface area contributed by atoms with Crippen molar-refractivity contribution in [3.8, 4) is 0 Å². The van der Waals surface area contributed by atoms with Gasteiger partial charge in [-0.25, -0.2) is 8.42 Å². The van der Waals surface area contributed by atoms with Gasteiger partial charge < -0.3 is 10.3 Å². The van der Waals surface area contributed by atoms with Gasteiger partial charge in [0.2, 0.25) is 10.0 Å². The number of carbonyl (C=O) groups excluding carboxylic acids is 1. The number of sulfonamides is 1. The van der Waals surface area contributed by atoms with Crippen molar-refractivity contribution in [2.45, 2.75) is 0 Å². The molecular weight excluding hydrogens is 346 g/mol. The Morgan fingerprint density at radius 1 is 1.20 bits per heavy atom. The normalized spacial score (nSPS) is 11.1. The maximum atomic E-state index is 11.9. The van der Waals surface area contributed by atoms with E-state index in [2.05, 4.69) is 31.0 Å². The lowest BCUT2D eigenvalue weighted by atomic mass is 10.3. The molecule has 0 aliphatic rings. The molecule has 0 saturated heterocycles. The molecule has 1 heterocycles. The van der Waals surface area contributed by atoms with Gasteiger partial charge in [0.15, 0.2) is 0 Å². The third kappa shape index (κ3) is 4.10. The monoisotopic (exact) mass is 357 g/mol. The Kier molecular flexibility index (Phi) is 4.15. The Labute approximate surface area is 124 Å². The molecule has 8 heteroatoms. The SMILES string of the molecule is CS(=O)(=O)Nc1ccc(NC(=O)c2cc(Br)c[nH]2)cc1. The fourth-order valence-electron chi connectivity index (χ4n) is 1.53. The lowest BCUT2D eigenvalue weighted by molar-refractivity contribution is 0.102. The summed E-state index contributed by atoms with van der Waals surface area (Å²) >= 11 is 3.25. The number of rotatable bonds is 4. The third-order valence-corrected chi connectivity index (χ3v) is 3.40. The molecule has 2 aromatic rings. The van der Waals surface area contributed by atoms with Crippen LogP contribution in [-0.2, 0) is 10.0 Å². The summed E-state index contributed by atoms with van der Waals surface area (Å²) in [6.07, 6.45) is 2.74. The van der Waals surface area contributed by atoms with Gasteiger partial charge in [0.25, 0.3) is 5.91 Å². The van der Waals surface area contributed by atoms with Gasteiger partial charge in [-0.05, 0) is 46.3 Å². The molecule has 0 bridgehead atoms. The lowest BCUT2D eigenvalue weighted by Crippen LogP contribution is -2.12. The number of halogens is 1. The van der Waals surface area contributed by atoms with Crippen molar-refractivity contribution in [3.05, 3.63) is 46.7 Å². The largest absolute Gasteiger partial charge is 0.356 e. The Hall–Kier alpha value is -1.80. The number of aromatic amines is 1. The second kappa shape index (κ2) is 5.68. The zero-order chi connectivity index (χ0) is 14.8. The van der Waals surface area contributed by atoms with Crippen LogP contribution in [0.25, 0.3) is 0 Å². The van der Waals surface area contributed by atoms with Gasteiger partial charge in [-0.1, -0.05) is 0 Å². The Balaban J connectivity index is 2.06. The van der Waals surface area contributed by atoms with Crippen molar-refractivity contribution in [2.24, 2.45) is 0 Å². The average Bonchev–Trinajstić information content (AvgIpc) is 2.77. The van der Waals surface area contributed by atoms with E-state index in [0.29, 0.717) is 17.1 Å². The molecule has 20 heavy (non-hydrogen) atoms. The molecule has 0 aliphatic carbocycles. The lowest BCUT2D eigenvalue weighted by Gasteiger charge is -2.06. The number of anilines is 2. The smallest absolute Gasteiger partial charge is 0.272 e. The van der Waals surface area contributed by atoms with E-state index < -0.39 is 10.0 Å². The van der Waals surface area contributed by atoms with Crippen LogP contribution in [-0.4, -0.2) is 25.6 Å². The summed E-state index contributed by atoms with van der Waals surface area (Å²) in [6.45, 7) is 0. The molecule has 0 fully saturated rings. The maximum absolute atomic E-state index is 11.9. The fraction of sp³-hybridized carbons (Fsp3) is 0.0833. The van der Waals surface area contributed by atoms with Crippen LogP contribution in [0.3, 0.4) is 0 Å². The van der Waals surface area contributed by atoms with Gasteiger partial charge in [0.05, 0.1) is 6.26 Å². The van der Waals surface area contributed by atoms with Crippen LogP contribution in [0.5, 0.6) is 0 Å². The summed E-state index contributed by atoms with van der Waals surface area (Å²) in [5, 5.41) is 2.69. The number of hydrogen-bond donors (Lipinski definition) is 3. The standard InChI is InChI=1S/C12H12BrN3O3S/c1-20(18,19)16-10-4-2-9(3-5-10)15-12(17)11-6-8(13)7-14-11/h2-7,14,16H,1H3,(H,15,17). The van der Waals surface area contributed by atoms with E-state index in [4.69, 9.17) is 0 Å². The summed E-state index contributed by atoms with van der Waals surface area (Å²) in [6, 6.07) is 8.03. The van der Waals surface area contributed by atoms with Gasteiger partial charge >= 0.3 is 0 Å². The van der Waals surface area contributed by atoms with Crippen molar-refractivity contribution in [1.29, 1.82) is 0 Å². The van der Waals surface area contributed by atoms with Crippen LogP contribution in [0.4, 0.5) is 11.4 Å². The molecule has 1 aromatic heterocycles. The topological polar surface area (TPSA) is 91.1 Å². The molecular formula is C12H12BrN3O3S. The van der Waals surface area contributed by atoms with Crippen LogP contribution < -0.4 is 10.0 Å². The first-order valence-corrected chi connectivity index (χ1v) is 8.25. The van der Waals surface area contributed by atoms with E-state index in [1.807, 2.05) is 0 Å². The molecule has 0 spiro atoms. The molecule has 0 radical (unpaired) electrons. The number of hydrogen-bond acceptors (Lipinski definition) is 3. The van der Waals surface area contributed by atoms with Crippen molar-refractivity contribution < 1.29 is 13.2 Å². The molecule has 6 nitrogen and oxygen atoms in total. The first-order chi connectivity index (χ1) is 9.33. The number of nitrogens with one attached hydrogen (secondary N) is 3. The van der Waals surface area contributed by atoms with E-state index in [0.717, 1.165) is 10.7 Å². The Morgan fingerprint density at radius 3 is 2.30 bits per heavy atom. The summed E-state index contributed by atoms with van der Waals surface area (Å²) in [5.74, 6) is -0.278. The van der Waals surface area contributed by atoms with Gasteiger partial charge in [0.1, 0.15) is 5.69 Å². The van der Waals surface area contributed by atoms with Crippen LogP contribution in [0.15, 0.2) is 41.0 Å². The third-order valence-electron chi connectivity index (χ3n) is 2.34. The molecule has 0 aliphatic heterocycles. The minimum Gasteiger partial charge on any atom is -0.356 e. The molecule has 0 unspecified atom stereocenters. The van der Waals surface area contributed by atoms with Gasteiger partial charge in [-0.2, -0.15) is 0 Å². The quantitative estimate of drug-likeness (QED) is 0.784. The molecule has 2 rings (SSSR count). The van der Waals surface area contributed by atoms with Gasteiger partial charge in [-0.15, -0.1) is 0 Å². The van der Waals surface area contributed by atoms with E-state index in [1.54, 1.807) is 36.5 Å². The number of amides is 1. The van der Waals surface area contributed by atoms with Crippen LogP contribution in [0.2, 0.25) is 0 Å². The second-order valence-electron chi connectivity index (χ2n) is 4.14. The second-order valence-corrected chi connectivity index (χ2v) is 6.80. The first kappa shape index (κ1) is 14.6. The fourth-order valence-corrected chi connectivity index (χ4v) is 2.44. The summed E-state index contributed by atoms with van der Waals surface area (Å²) in [5.41, 5.74) is 1.43. The van der Waals surface area contributed by atoms with Crippen molar-refractivity contribution in [3.63, 3.8) is 0 Å². The minimum absolute atomic E-state index is 0.278. The van der Waals surface area contributed by atoms with Crippen molar-refractivity contribution in [1.82, 2.24) is 4.98 Å². The average molecular weight is 358 g/mol. The number of benzene rings is 1. The van der Waals surface area contributed by atoms with E-state index >= 15 is 0 Å². The molecule has 1 aromatic carbocycles. The Bertz CT molecular complexity index is 723. The molecule has 1 amide bonds. The van der Waals surface area contributed by atoms with E-state index in [9.17, 15) is 13.2 Å². The zero-order valence-electron chi connectivity index (χ0n) is 10.5. The van der Waals surface area contributed by atoms with Crippen molar-refractivity contribution in [2.75, 3.05) is 16.3 Å². The van der Waals surface area contributed by atoms with Gasteiger partial charge in [0, 0.05) is 22.0 Å². The van der Waals surface area contributed by atoms with Crippen LogP contribution in [0, 0.1) is 0 Å². The van der Waals surface area contributed by atoms with Crippen LogP contribution >= 0.6 is 15.9 Å². The van der Waals surface area contributed by atoms with E-state index in [-0.39, 0.29) is 5.91 Å². The summed E-state index contributed by atoms with van der Waals surface area (Å²) in [7, 11) is -3.30. The maximum Gasteiger partial charge on any atom is 0.272 e. The number of carbonyl (C=O) groups is 1. The summed E-state index contributed by atoms with van der Waals surface area (Å²) in [4.78, 5) is 14.7. The van der Waals surface area contributed by atoms with E-state index in [1.165, 1.54) is 0 Å². The number of H-pyrrole nitrogens is 1. The highest BCUT2D eigenvalue weighted by molar-refractivity contribution is 9.10. The minimum atomic E-state index is -3.30. The first-order valence-electron chi connectivity index (χ1n) is 5.56. The zero-order valence-corrected chi connectivity index (χ0v) is 12.9. The number of aromatic nitrogens is 1. The van der Waals surface area contributed by atoms with Crippen LogP contribution in [0.1, 0.15) is 10.5 Å². The Morgan fingerprint density at radius 2 is 1.80 bits per heavy atom. The predicted molar refractivity (Wildman–Crippen MR) is 81.4 cm³/mol. The highest BCUT2D eigenvalue weighted by Crippen LogP contribution is 2.16. The predicted octanol–water partition coefficient (Wildman–Crippen LogP) is 2.40. The van der Waals surface area contributed by atoms with Gasteiger partial charge in [-0.3, -0.25) is 9.52 Å². The highest BCUT2D eigenvalue weighted by Gasteiger charge is 2.08. The highest BCUT2D eigenvalue weighted by atomic mass is 79.9. The molecule has 106 valence electrons. The molecule has 0 atom stereocenters. The summed E-state index contributed by atoms with van der Waals surface area (Å²) < 4.78 is 25.3. The molecule has 3 N–H and O–H groups in total. The molecule has 0 saturated carbocycles. The van der Waals surface area contributed by atoms with Crippen molar-refractivity contribution >= 4 is 43.2 Å².